The summed E-state index contributed by atoms with van der Waals surface area (Å²) in [5.74, 6) is 2.09. The zero-order valence-corrected chi connectivity index (χ0v) is 13.4. The van der Waals surface area contributed by atoms with Crippen molar-refractivity contribution >= 4 is 11.4 Å². The minimum atomic E-state index is -0.321. The van der Waals surface area contributed by atoms with Crippen molar-refractivity contribution in [1.82, 2.24) is 0 Å². The lowest BCUT2D eigenvalue weighted by atomic mass is 9.74. The second-order valence-electron chi connectivity index (χ2n) is 6.84. The van der Waals surface area contributed by atoms with E-state index < -0.39 is 0 Å². The molecule has 0 radical (unpaired) electrons. The van der Waals surface area contributed by atoms with Crippen molar-refractivity contribution in [2.45, 2.75) is 53.0 Å². The molecule has 1 saturated carbocycles. The van der Waals surface area contributed by atoms with Crippen LogP contribution in [0.25, 0.3) is 0 Å². The Balaban J connectivity index is 2.15. The topological polar surface area (TPSA) is 55.2 Å². The van der Waals surface area contributed by atoms with Gasteiger partial charge in [0.2, 0.25) is 0 Å². The van der Waals surface area contributed by atoms with Gasteiger partial charge in [0.05, 0.1) is 4.92 Å². The Morgan fingerprint density at radius 2 is 2.05 bits per heavy atom. The molecule has 4 heteroatoms. The Morgan fingerprint density at radius 1 is 1.33 bits per heavy atom. The van der Waals surface area contributed by atoms with Crippen LogP contribution in [0.3, 0.4) is 0 Å². The van der Waals surface area contributed by atoms with E-state index in [4.69, 9.17) is 0 Å². The van der Waals surface area contributed by atoms with Crippen LogP contribution in [0.2, 0.25) is 0 Å². The van der Waals surface area contributed by atoms with E-state index in [9.17, 15) is 10.1 Å². The van der Waals surface area contributed by atoms with E-state index in [0.717, 1.165) is 17.2 Å². The molecule has 3 atom stereocenters. The number of nitrogens with zero attached hydrogens (tertiary/aromatic N) is 1. The highest BCUT2D eigenvalue weighted by Gasteiger charge is 2.30. The molecule has 0 amide bonds. The molecule has 0 heterocycles. The summed E-state index contributed by atoms with van der Waals surface area (Å²) in [5.41, 5.74) is 1.91. The van der Waals surface area contributed by atoms with Crippen molar-refractivity contribution in [3.8, 4) is 0 Å². The number of nitrogens with one attached hydrogen (secondary N) is 1. The van der Waals surface area contributed by atoms with Gasteiger partial charge >= 0.3 is 0 Å². The number of hydrogen-bond donors (Lipinski definition) is 1. The molecule has 1 N–H and O–H groups in total. The molecule has 0 aromatic heterocycles. The molecule has 0 bridgehead atoms. The fourth-order valence-corrected chi connectivity index (χ4v) is 3.53. The van der Waals surface area contributed by atoms with Crippen molar-refractivity contribution in [3.05, 3.63) is 33.9 Å². The highest BCUT2D eigenvalue weighted by molar-refractivity contribution is 5.54. The average molecular weight is 290 g/mol. The number of aryl methyl sites for hydroxylation is 1. The van der Waals surface area contributed by atoms with Crippen molar-refractivity contribution in [1.29, 1.82) is 0 Å². The predicted octanol–water partition coefficient (Wildman–Crippen LogP) is 4.78. The smallest absolute Gasteiger partial charge is 0.272 e. The van der Waals surface area contributed by atoms with E-state index in [-0.39, 0.29) is 10.6 Å². The van der Waals surface area contributed by atoms with E-state index in [2.05, 4.69) is 26.1 Å². The molecule has 1 fully saturated rings. The first-order valence-electron chi connectivity index (χ1n) is 7.90. The average Bonchev–Trinajstić information content (AvgIpc) is 2.37. The molecule has 3 unspecified atom stereocenters. The van der Waals surface area contributed by atoms with E-state index in [1.165, 1.54) is 19.3 Å². The molecule has 0 saturated heterocycles. The first-order chi connectivity index (χ1) is 9.88. The Morgan fingerprint density at radius 3 is 2.62 bits per heavy atom. The normalized spacial score (nSPS) is 25.9. The van der Waals surface area contributed by atoms with Gasteiger partial charge in [-0.15, -0.1) is 0 Å². The van der Waals surface area contributed by atoms with Crippen LogP contribution in [0.5, 0.6) is 0 Å². The van der Waals surface area contributed by atoms with E-state index >= 15 is 0 Å². The lowest BCUT2D eigenvalue weighted by Gasteiger charge is -2.38. The lowest BCUT2D eigenvalue weighted by Crippen LogP contribution is -2.37. The first kappa shape index (κ1) is 15.8. The predicted molar refractivity (Wildman–Crippen MR) is 86.6 cm³/mol. The van der Waals surface area contributed by atoms with Gasteiger partial charge in [-0.25, -0.2) is 0 Å². The van der Waals surface area contributed by atoms with Crippen LogP contribution >= 0.6 is 0 Å². The van der Waals surface area contributed by atoms with Crippen LogP contribution in [0.1, 0.15) is 45.6 Å². The number of benzene rings is 1. The molecule has 2 rings (SSSR count). The largest absolute Gasteiger partial charge is 0.382 e. The summed E-state index contributed by atoms with van der Waals surface area (Å²) in [6.45, 7) is 8.69. The molecular formula is C17H26N2O2. The molecule has 4 nitrogen and oxygen atoms in total. The van der Waals surface area contributed by atoms with Crippen molar-refractivity contribution in [3.63, 3.8) is 0 Å². The quantitative estimate of drug-likeness (QED) is 0.641. The Kier molecular flexibility index (Phi) is 4.86. The van der Waals surface area contributed by atoms with Gasteiger partial charge in [0, 0.05) is 23.4 Å². The Bertz CT molecular complexity index is 514. The van der Waals surface area contributed by atoms with E-state index in [1.54, 1.807) is 13.0 Å². The van der Waals surface area contributed by atoms with Crippen LogP contribution in [0.4, 0.5) is 11.4 Å². The van der Waals surface area contributed by atoms with Crippen molar-refractivity contribution in [2.24, 2.45) is 17.8 Å². The SMILES string of the molecule is Cc1cc(NC2CC(C)CCC2C(C)C)ccc1[N+](=O)[O-]. The molecule has 1 aliphatic rings. The molecule has 0 spiro atoms. The van der Waals surface area contributed by atoms with Crippen LogP contribution in [-0.2, 0) is 0 Å². The zero-order chi connectivity index (χ0) is 15.6. The molecule has 21 heavy (non-hydrogen) atoms. The van der Waals surface area contributed by atoms with E-state index in [1.807, 2.05) is 12.1 Å². The van der Waals surface area contributed by atoms with Gasteiger partial charge < -0.3 is 5.32 Å². The highest BCUT2D eigenvalue weighted by atomic mass is 16.6. The highest BCUT2D eigenvalue weighted by Crippen LogP contribution is 2.35. The minimum absolute atomic E-state index is 0.193. The van der Waals surface area contributed by atoms with Crippen LogP contribution in [-0.4, -0.2) is 11.0 Å². The lowest BCUT2D eigenvalue weighted by molar-refractivity contribution is -0.385. The number of nitro groups is 1. The monoisotopic (exact) mass is 290 g/mol. The molecular weight excluding hydrogens is 264 g/mol. The molecule has 1 aliphatic carbocycles. The van der Waals surface area contributed by atoms with Gasteiger partial charge in [0.1, 0.15) is 0 Å². The van der Waals surface area contributed by atoms with Gasteiger partial charge in [-0.3, -0.25) is 10.1 Å². The third kappa shape index (κ3) is 3.74. The Hall–Kier alpha value is -1.58. The summed E-state index contributed by atoms with van der Waals surface area (Å²) < 4.78 is 0. The van der Waals surface area contributed by atoms with Gasteiger partial charge in [0.15, 0.2) is 0 Å². The van der Waals surface area contributed by atoms with Crippen molar-refractivity contribution in [2.75, 3.05) is 5.32 Å². The number of anilines is 1. The van der Waals surface area contributed by atoms with Gasteiger partial charge in [-0.2, -0.15) is 0 Å². The third-order valence-corrected chi connectivity index (χ3v) is 4.77. The summed E-state index contributed by atoms with van der Waals surface area (Å²) >= 11 is 0. The summed E-state index contributed by atoms with van der Waals surface area (Å²) in [5, 5.41) is 14.5. The standard InChI is InChI=1S/C17H26N2O2/c1-11(2)15-7-5-12(3)9-16(15)18-14-6-8-17(19(20)21)13(4)10-14/h6,8,10-12,15-16,18H,5,7,9H2,1-4H3. The van der Waals surface area contributed by atoms with E-state index in [0.29, 0.717) is 17.9 Å². The van der Waals surface area contributed by atoms with Crippen molar-refractivity contribution < 1.29 is 4.92 Å². The third-order valence-electron chi connectivity index (χ3n) is 4.77. The zero-order valence-electron chi connectivity index (χ0n) is 13.4. The second-order valence-corrected chi connectivity index (χ2v) is 6.84. The maximum Gasteiger partial charge on any atom is 0.272 e. The van der Waals surface area contributed by atoms with Crippen LogP contribution < -0.4 is 5.32 Å². The van der Waals surface area contributed by atoms with Gasteiger partial charge in [-0.05, 0) is 49.7 Å². The number of nitro benzene ring substituents is 1. The maximum absolute atomic E-state index is 10.9. The fraction of sp³-hybridized carbons (Fsp3) is 0.647. The van der Waals surface area contributed by atoms with Gasteiger partial charge in [0.25, 0.3) is 5.69 Å². The summed E-state index contributed by atoms with van der Waals surface area (Å²) in [4.78, 5) is 10.6. The summed E-state index contributed by atoms with van der Waals surface area (Å²) in [6, 6.07) is 5.81. The van der Waals surface area contributed by atoms with Crippen LogP contribution in [0.15, 0.2) is 18.2 Å². The molecule has 0 aliphatic heterocycles. The summed E-state index contributed by atoms with van der Waals surface area (Å²) in [7, 11) is 0. The molecule has 1 aromatic carbocycles. The number of hydrogen-bond acceptors (Lipinski definition) is 3. The van der Waals surface area contributed by atoms with Crippen LogP contribution in [0, 0.1) is 34.8 Å². The molecule has 1 aromatic rings. The minimum Gasteiger partial charge on any atom is -0.382 e. The Labute approximate surface area is 127 Å². The maximum atomic E-state index is 10.9. The first-order valence-corrected chi connectivity index (χ1v) is 7.90. The van der Waals surface area contributed by atoms with Gasteiger partial charge in [-0.1, -0.05) is 27.2 Å². The summed E-state index contributed by atoms with van der Waals surface area (Å²) in [6.07, 6.45) is 3.75. The fourth-order valence-electron chi connectivity index (χ4n) is 3.53. The number of rotatable bonds is 4. The molecule has 116 valence electrons. The second kappa shape index (κ2) is 6.46.